The van der Waals surface area contributed by atoms with E-state index in [4.69, 9.17) is 10.3 Å². The van der Waals surface area contributed by atoms with Crippen molar-refractivity contribution in [3.05, 3.63) is 24.3 Å². The predicted molar refractivity (Wildman–Crippen MR) is 60.9 cm³/mol. The summed E-state index contributed by atoms with van der Waals surface area (Å²) in [6, 6.07) is 7.93. The molecule has 0 radical (unpaired) electrons. The standard InChI is InChI=1S/C11H15N3O/c1-8(12)7-14(2)11-9-5-3-4-6-10(9)15-13-11/h3-6,8H,7,12H2,1-2H3. The van der Waals surface area contributed by atoms with Gasteiger partial charge in [-0.3, -0.25) is 0 Å². The Morgan fingerprint density at radius 1 is 1.47 bits per heavy atom. The maximum Gasteiger partial charge on any atom is 0.179 e. The summed E-state index contributed by atoms with van der Waals surface area (Å²) >= 11 is 0. The first-order valence-electron chi connectivity index (χ1n) is 4.99. The van der Waals surface area contributed by atoms with E-state index in [2.05, 4.69) is 5.16 Å². The second-order valence-corrected chi connectivity index (χ2v) is 3.86. The predicted octanol–water partition coefficient (Wildman–Crippen LogP) is 1.61. The summed E-state index contributed by atoms with van der Waals surface area (Å²) in [4.78, 5) is 2.01. The van der Waals surface area contributed by atoms with Crippen molar-refractivity contribution in [2.75, 3.05) is 18.5 Å². The molecular formula is C11H15N3O. The van der Waals surface area contributed by atoms with Gasteiger partial charge < -0.3 is 15.2 Å². The largest absolute Gasteiger partial charge is 0.355 e. The SMILES string of the molecule is CC(N)CN(C)c1noc2ccccc12. The molecule has 4 nitrogen and oxygen atoms in total. The lowest BCUT2D eigenvalue weighted by Gasteiger charge is -2.18. The highest BCUT2D eigenvalue weighted by molar-refractivity contribution is 5.88. The summed E-state index contributed by atoms with van der Waals surface area (Å²) in [5.74, 6) is 0.850. The van der Waals surface area contributed by atoms with Crippen LogP contribution in [0, 0.1) is 0 Å². The second-order valence-electron chi connectivity index (χ2n) is 3.86. The van der Waals surface area contributed by atoms with E-state index >= 15 is 0 Å². The van der Waals surface area contributed by atoms with Gasteiger partial charge in [0.05, 0.1) is 5.39 Å². The maximum atomic E-state index is 5.74. The van der Waals surface area contributed by atoms with Crippen molar-refractivity contribution in [3.63, 3.8) is 0 Å². The van der Waals surface area contributed by atoms with Crippen LogP contribution in [0.25, 0.3) is 11.0 Å². The summed E-state index contributed by atoms with van der Waals surface area (Å²) in [5, 5.41) is 5.07. The molecular weight excluding hydrogens is 190 g/mol. The molecule has 0 spiro atoms. The number of rotatable bonds is 3. The van der Waals surface area contributed by atoms with Crippen LogP contribution >= 0.6 is 0 Å². The van der Waals surface area contributed by atoms with E-state index in [1.165, 1.54) is 0 Å². The lowest BCUT2D eigenvalue weighted by molar-refractivity contribution is 0.455. The number of nitrogens with two attached hydrogens (primary N) is 1. The number of para-hydroxylation sites is 1. The number of anilines is 1. The van der Waals surface area contributed by atoms with Crippen molar-refractivity contribution in [2.24, 2.45) is 5.73 Å². The van der Waals surface area contributed by atoms with Gasteiger partial charge in [-0.1, -0.05) is 17.3 Å². The molecule has 0 aliphatic carbocycles. The van der Waals surface area contributed by atoms with Gasteiger partial charge >= 0.3 is 0 Å². The lowest BCUT2D eigenvalue weighted by Crippen LogP contribution is -2.33. The van der Waals surface area contributed by atoms with Gasteiger partial charge in [-0.05, 0) is 19.1 Å². The number of hydrogen-bond donors (Lipinski definition) is 1. The minimum absolute atomic E-state index is 0.116. The van der Waals surface area contributed by atoms with Crippen LogP contribution in [-0.4, -0.2) is 24.8 Å². The third-order valence-corrected chi connectivity index (χ3v) is 2.28. The highest BCUT2D eigenvalue weighted by Gasteiger charge is 2.12. The number of benzene rings is 1. The molecule has 0 bridgehead atoms. The monoisotopic (exact) mass is 205 g/mol. The summed E-state index contributed by atoms with van der Waals surface area (Å²) < 4.78 is 5.22. The molecule has 1 aromatic heterocycles. The number of fused-ring (bicyclic) bond motifs is 1. The van der Waals surface area contributed by atoms with Gasteiger partial charge in [0.2, 0.25) is 0 Å². The van der Waals surface area contributed by atoms with Crippen LogP contribution in [0.15, 0.2) is 28.8 Å². The van der Waals surface area contributed by atoms with Crippen molar-refractivity contribution >= 4 is 16.8 Å². The summed E-state index contributed by atoms with van der Waals surface area (Å²) in [6.45, 7) is 2.73. The Hall–Kier alpha value is -1.55. The van der Waals surface area contributed by atoms with Crippen LogP contribution in [0.5, 0.6) is 0 Å². The molecule has 80 valence electrons. The molecule has 2 rings (SSSR count). The third-order valence-electron chi connectivity index (χ3n) is 2.28. The van der Waals surface area contributed by atoms with E-state index in [1.807, 2.05) is 43.1 Å². The fourth-order valence-electron chi connectivity index (χ4n) is 1.67. The Balaban J connectivity index is 2.35. The fraction of sp³-hybridized carbons (Fsp3) is 0.364. The molecule has 0 amide bonds. The summed E-state index contributed by atoms with van der Waals surface area (Å²) in [6.07, 6.45) is 0. The van der Waals surface area contributed by atoms with Gasteiger partial charge in [-0.15, -0.1) is 0 Å². The average molecular weight is 205 g/mol. The maximum absolute atomic E-state index is 5.74. The Kier molecular flexibility index (Phi) is 2.60. The number of likely N-dealkylation sites (N-methyl/N-ethyl adjacent to an activating group) is 1. The number of nitrogens with zero attached hydrogens (tertiary/aromatic N) is 2. The molecule has 1 atom stereocenters. The molecule has 0 saturated carbocycles. The minimum Gasteiger partial charge on any atom is -0.355 e. The van der Waals surface area contributed by atoms with Crippen LogP contribution in [0.3, 0.4) is 0 Å². The van der Waals surface area contributed by atoms with Crippen LogP contribution in [0.1, 0.15) is 6.92 Å². The molecule has 1 heterocycles. The van der Waals surface area contributed by atoms with E-state index in [9.17, 15) is 0 Å². The zero-order valence-electron chi connectivity index (χ0n) is 8.97. The van der Waals surface area contributed by atoms with Gasteiger partial charge in [0.1, 0.15) is 0 Å². The van der Waals surface area contributed by atoms with Crippen molar-refractivity contribution < 1.29 is 4.52 Å². The molecule has 0 saturated heterocycles. The summed E-state index contributed by atoms with van der Waals surface area (Å²) in [5.41, 5.74) is 6.55. The number of hydrogen-bond acceptors (Lipinski definition) is 4. The van der Waals surface area contributed by atoms with E-state index in [-0.39, 0.29) is 6.04 Å². The molecule has 4 heteroatoms. The average Bonchev–Trinajstić information content (AvgIpc) is 2.59. The van der Waals surface area contributed by atoms with Gasteiger partial charge in [-0.2, -0.15) is 0 Å². The minimum atomic E-state index is 0.116. The van der Waals surface area contributed by atoms with E-state index in [0.717, 1.165) is 23.3 Å². The van der Waals surface area contributed by atoms with Gasteiger partial charge in [0.15, 0.2) is 11.4 Å². The van der Waals surface area contributed by atoms with Crippen molar-refractivity contribution in [2.45, 2.75) is 13.0 Å². The van der Waals surface area contributed by atoms with Gasteiger partial charge in [0, 0.05) is 19.6 Å². The van der Waals surface area contributed by atoms with Crippen LogP contribution < -0.4 is 10.6 Å². The Labute approximate surface area is 88.6 Å². The molecule has 0 aliphatic heterocycles. The third kappa shape index (κ3) is 1.94. The normalized spacial score (nSPS) is 13.0. The lowest BCUT2D eigenvalue weighted by atomic mass is 10.2. The van der Waals surface area contributed by atoms with Crippen LogP contribution in [0.4, 0.5) is 5.82 Å². The Morgan fingerprint density at radius 2 is 2.20 bits per heavy atom. The van der Waals surface area contributed by atoms with Crippen molar-refractivity contribution in [1.82, 2.24) is 5.16 Å². The zero-order chi connectivity index (χ0) is 10.8. The molecule has 0 fully saturated rings. The zero-order valence-corrected chi connectivity index (χ0v) is 8.97. The Bertz CT molecular complexity index is 450. The molecule has 15 heavy (non-hydrogen) atoms. The Morgan fingerprint density at radius 3 is 2.93 bits per heavy atom. The fourth-order valence-corrected chi connectivity index (χ4v) is 1.67. The van der Waals surface area contributed by atoms with E-state index < -0.39 is 0 Å². The van der Waals surface area contributed by atoms with E-state index in [1.54, 1.807) is 0 Å². The van der Waals surface area contributed by atoms with Gasteiger partial charge in [-0.25, -0.2) is 0 Å². The second kappa shape index (κ2) is 3.90. The van der Waals surface area contributed by atoms with Crippen molar-refractivity contribution in [1.29, 1.82) is 0 Å². The first-order chi connectivity index (χ1) is 7.18. The highest BCUT2D eigenvalue weighted by atomic mass is 16.5. The molecule has 2 N–H and O–H groups in total. The molecule has 1 unspecified atom stereocenters. The summed E-state index contributed by atoms with van der Waals surface area (Å²) in [7, 11) is 1.97. The molecule has 2 aromatic rings. The van der Waals surface area contributed by atoms with Crippen molar-refractivity contribution in [3.8, 4) is 0 Å². The molecule has 0 aliphatic rings. The number of aromatic nitrogens is 1. The topological polar surface area (TPSA) is 55.3 Å². The first-order valence-corrected chi connectivity index (χ1v) is 4.99. The quantitative estimate of drug-likeness (QED) is 0.827. The van der Waals surface area contributed by atoms with Gasteiger partial charge in [0.25, 0.3) is 0 Å². The van der Waals surface area contributed by atoms with Crippen LogP contribution in [0.2, 0.25) is 0 Å². The molecule has 1 aromatic carbocycles. The van der Waals surface area contributed by atoms with Crippen LogP contribution in [-0.2, 0) is 0 Å². The van der Waals surface area contributed by atoms with E-state index in [0.29, 0.717) is 0 Å². The first kappa shape index (κ1) is 9.98. The smallest absolute Gasteiger partial charge is 0.179 e. The highest BCUT2D eigenvalue weighted by Crippen LogP contribution is 2.24.